The van der Waals surface area contributed by atoms with E-state index in [4.69, 9.17) is 0 Å². The summed E-state index contributed by atoms with van der Waals surface area (Å²) < 4.78 is 38.1. The van der Waals surface area contributed by atoms with Crippen molar-refractivity contribution in [3.8, 4) is 0 Å². The monoisotopic (exact) mass is 254 g/mol. The van der Waals surface area contributed by atoms with Crippen molar-refractivity contribution in [2.75, 3.05) is 0 Å². The molecule has 0 radical (unpaired) electrons. The minimum atomic E-state index is -4.79. The standard InChI is InChI=1S/C9H13F3N2OS/c1-7(2,3)6-4-8(15,9(10,11)12)14(5-16)13-6/h5,15H,4H2,1-3H3. The number of nitrogens with zero attached hydrogens (tertiary/aromatic N) is 2. The van der Waals surface area contributed by atoms with Crippen LogP contribution < -0.4 is 0 Å². The Kier molecular flexibility index (Phi) is 3.06. The van der Waals surface area contributed by atoms with Gasteiger partial charge >= 0.3 is 6.18 Å². The van der Waals surface area contributed by atoms with Crippen LogP contribution in [0.1, 0.15) is 27.2 Å². The normalized spacial score (nSPS) is 26.9. The average molecular weight is 254 g/mol. The second kappa shape index (κ2) is 3.66. The predicted octanol–water partition coefficient (Wildman–Crippen LogP) is 2.30. The molecular weight excluding hydrogens is 241 g/mol. The van der Waals surface area contributed by atoms with Gasteiger partial charge in [0.1, 0.15) is 0 Å². The fraction of sp³-hybridized carbons (Fsp3) is 0.778. The Morgan fingerprint density at radius 1 is 1.44 bits per heavy atom. The lowest BCUT2D eigenvalue weighted by atomic mass is 9.86. The van der Waals surface area contributed by atoms with E-state index < -0.39 is 23.7 Å². The van der Waals surface area contributed by atoms with E-state index >= 15 is 0 Å². The van der Waals surface area contributed by atoms with Crippen LogP contribution in [-0.4, -0.2) is 33.2 Å². The van der Waals surface area contributed by atoms with Crippen LogP contribution in [0.5, 0.6) is 0 Å². The Bertz CT molecular complexity index is 335. The molecule has 1 atom stereocenters. The molecule has 0 amide bonds. The molecule has 7 heteroatoms. The molecule has 1 heterocycles. The summed E-state index contributed by atoms with van der Waals surface area (Å²) in [6.45, 7) is 5.19. The van der Waals surface area contributed by atoms with Crippen molar-refractivity contribution in [3.63, 3.8) is 0 Å². The minimum Gasteiger partial charge on any atom is -0.362 e. The molecule has 1 aliphatic rings. The number of hydrogen-bond donors (Lipinski definition) is 1. The topological polar surface area (TPSA) is 35.8 Å². The van der Waals surface area contributed by atoms with Gasteiger partial charge in [0.15, 0.2) is 0 Å². The van der Waals surface area contributed by atoms with E-state index in [1.165, 1.54) is 0 Å². The first kappa shape index (κ1) is 13.4. The highest BCUT2D eigenvalue weighted by atomic mass is 32.1. The minimum absolute atomic E-state index is 0.272. The number of aliphatic hydroxyl groups is 1. The Morgan fingerprint density at radius 2 is 1.94 bits per heavy atom. The SMILES string of the molecule is CC(C)(C)C1=NN(C=S)C(O)(C(F)(F)F)C1. The number of halogens is 3. The molecule has 0 aliphatic carbocycles. The summed E-state index contributed by atoms with van der Waals surface area (Å²) in [6.07, 6.45) is -5.37. The van der Waals surface area contributed by atoms with E-state index in [9.17, 15) is 18.3 Å². The highest BCUT2D eigenvalue weighted by molar-refractivity contribution is 7.78. The van der Waals surface area contributed by atoms with E-state index in [0.29, 0.717) is 10.5 Å². The molecule has 3 nitrogen and oxygen atoms in total. The number of hydrazone groups is 1. The molecule has 16 heavy (non-hydrogen) atoms. The molecule has 0 bridgehead atoms. The van der Waals surface area contributed by atoms with Gasteiger partial charge in [-0.2, -0.15) is 18.3 Å². The van der Waals surface area contributed by atoms with E-state index in [0.717, 1.165) is 0 Å². The number of thiocarbonyl (C=S) groups is 1. The van der Waals surface area contributed by atoms with Gasteiger partial charge in [-0.05, 0) is 0 Å². The molecule has 0 saturated carbocycles. The molecule has 0 fully saturated rings. The van der Waals surface area contributed by atoms with Crippen molar-refractivity contribution in [2.45, 2.75) is 39.1 Å². The van der Waals surface area contributed by atoms with Crippen LogP contribution in [0, 0.1) is 5.41 Å². The van der Waals surface area contributed by atoms with E-state index in [-0.39, 0.29) is 5.71 Å². The summed E-state index contributed by atoms with van der Waals surface area (Å²) in [5.41, 5.74) is -2.55. The highest BCUT2D eigenvalue weighted by Crippen LogP contribution is 2.42. The third-order valence-electron chi connectivity index (χ3n) is 2.44. The molecule has 0 aromatic heterocycles. The Morgan fingerprint density at radius 3 is 2.19 bits per heavy atom. The van der Waals surface area contributed by atoms with Gasteiger partial charge in [-0.25, -0.2) is 5.01 Å². The first-order chi connectivity index (χ1) is 7.02. The zero-order chi connectivity index (χ0) is 12.8. The lowest BCUT2D eigenvalue weighted by Crippen LogP contribution is -2.54. The summed E-state index contributed by atoms with van der Waals surface area (Å²) in [6, 6.07) is 0. The molecule has 1 N–H and O–H groups in total. The van der Waals surface area contributed by atoms with Gasteiger partial charge in [0.2, 0.25) is 0 Å². The Labute approximate surface area is 96.9 Å². The molecule has 1 rings (SSSR count). The van der Waals surface area contributed by atoms with Crippen molar-refractivity contribution in [1.82, 2.24) is 5.01 Å². The van der Waals surface area contributed by atoms with Crippen molar-refractivity contribution in [1.29, 1.82) is 0 Å². The van der Waals surface area contributed by atoms with Crippen molar-refractivity contribution in [3.05, 3.63) is 0 Å². The second-order valence-electron chi connectivity index (χ2n) is 4.74. The Balaban J connectivity index is 3.10. The van der Waals surface area contributed by atoms with Gasteiger partial charge in [-0.3, -0.25) is 0 Å². The van der Waals surface area contributed by atoms with Gasteiger partial charge in [0, 0.05) is 17.5 Å². The molecule has 1 aliphatic heterocycles. The zero-order valence-corrected chi connectivity index (χ0v) is 9.98. The largest absolute Gasteiger partial charge is 0.438 e. The number of hydrogen-bond acceptors (Lipinski definition) is 3. The highest BCUT2D eigenvalue weighted by Gasteiger charge is 2.61. The maximum Gasteiger partial charge on any atom is 0.438 e. The van der Waals surface area contributed by atoms with Crippen LogP contribution in [0.4, 0.5) is 13.2 Å². The molecule has 1 unspecified atom stereocenters. The van der Waals surface area contributed by atoms with Crippen LogP contribution in [0.2, 0.25) is 0 Å². The smallest absolute Gasteiger partial charge is 0.362 e. The summed E-state index contributed by atoms with van der Waals surface area (Å²) in [5.74, 6) is 0. The lowest BCUT2D eigenvalue weighted by Gasteiger charge is -2.31. The van der Waals surface area contributed by atoms with Gasteiger partial charge in [-0.1, -0.05) is 33.0 Å². The second-order valence-corrected chi connectivity index (χ2v) is 4.95. The number of rotatable bonds is 1. The third kappa shape index (κ3) is 2.06. The average Bonchev–Trinajstić information content (AvgIpc) is 2.42. The summed E-state index contributed by atoms with van der Waals surface area (Å²) >= 11 is 4.44. The maximum atomic E-state index is 12.7. The van der Waals surface area contributed by atoms with Crippen molar-refractivity contribution >= 4 is 23.4 Å². The molecule has 0 spiro atoms. The molecule has 92 valence electrons. The van der Waals surface area contributed by atoms with Crippen LogP contribution in [0.15, 0.2) is 5.10 Å². The zero-order valence-electron chi connectivity index (χ0n) is 9.17. The van der Waals surface area contributed by atoms with Crippen LogP contribution in [0.25, 0.3) is 0 Å². The quantitative estimate of drug-likeness (QED) is 0.729. The Hall–Kier alpha value is -0.690. The lowest BCUT2D eigenvalue weighted by molar-refractivity contribution is -0.293. The predicted molar refractivity (Wildman–Crippen MR) is 58.0 cm³/mol. The first-order valence-electron chi connectivity index (χ1n) is 4.64. The summed E-state index contributed by atoms with van der Waals surface area (Å²) in [4.78, 5) is 0. The fourth-order valence-electron chi connectivity index (χ4n) is 1.32. The summed E-state index contributed by atoms with van der Waals surface area (Å²) in [7, 11) is 0. The van der Waals surface area contributed by atoms with Gasteiger partial charge in [0.25, 0.3) is 5.72 Å². The third-order valence-corrected chi connectivity index (χ3v) is 2.64. The van der Waals surface area contributed by atoms with Gasteiger partial charge in [-0.15, -0.1) is 0 Å². The number of alkyl halides is 3. The van der Waals surface area contributed by atoms with E-state index in [1.54, 1.807) is 20.8 Å². The summed E-state index contributed by atoms with van der Waals surface area (Å²) in [5, 5.41) is 13.7. The van der Waals surface area contributed by atoms with Crippen molar-refractivity contribution in [2.24, 2.45) is 10.5 Å². The van der Waals surface area contributed by atoms with E-state index in [1.807, 2.05) is 0 Å². The molecule has 0 saturated heterocycles. The fourth-order valence-corrected chi connectivity index (χ4v) is 1.54. The molecule has 0 aromatic rings. The van der Waals surface area contributed by atoms with Gasteiger partial charge < -0.3 is 5.11 Å². The molecule has 0 aromatic carbocycles. The van der Waals surface area contributed by atoms with Crippen molar-refractivity contribution < 1.29 is 18.3 Å². The van der Waals surface area contributed by atoms with Gasteiger partial charge in [0.05, 0.1) is 5.49 Å². The maximum absolute atomic E-state index is 12.7. The molecular formula is C9H13F3N2OS. The van der Waals surface area contributed by atoms with Crippen LogP contribution in [-0.2, 0) is 0 Å². The first-order valence-corrected chi connectivity index (χ1v) is 5.11. The van der Waals surface area contributed by atoms with Crippen LogP contribution in [0.3, 0.4) is 0 Å². The van der Waals surface area contributed by atoms with Crippen LogP contribution >= 0.6 is 12.2 Å². The van der Waals surface area contributed by atoms with E-state index in [2.05, 4.69) is 17.3 Å².